The first-order valence-electron chi connectivity index (χ1n) is 8.80. The van der Waals surface area contributed by atoms with Gasteiger partial charge in [0.2, 0.25) is 0 Å². The number of aromatic nitrogens is 1. The van der Waals surface area contributed by atoms with Crippen LogP contribution >= 0.6 is 0 Å². The molecule has 1 aromatic heterocycles. The summed E-state index contributed by atoms with van der Waals surface area (Å²) in [6.45, 7) is 2.74. The summed E-state index contributed by atoms with van der Waals surface area (Å²) in [5.74, 6) is -4.02. The summed E-state index contributed by atoms with van der Waals surface area (Å²) in [4.78, 5) is 45.3. The molecule has 2 heterocycles. The number of ether oxygens (including phenoxy) is 3. The van der Waals surface area contributed by atoms with Gasteiger partial charge in [-0.2, -0.15) is 4.57 Å². The quantitative estimate of drug-likeness (QED) is 0.356. The zero-order valence-corrected chi connectivity index (χ0v) is 15.9. The van der Waals surface area contributed by atoms with E-state index in [0.29, 0.717) is 0 Å². The fourth-order valence-corrected chi connectivity index (χ4v) is 2.92. The third-order valence-electron chi connectivity index (χ3n) is 4.46. The minimum Gasteiger partial charge on any atom is -0.479 e. The number of rotatable bonds is 8. The highest BCUT2D eigenvalue weighted by Crippen LogP contribution is 2.33. The molecule has 0 radical (unpaired) electrons. The standard InChI is InChI=1S/C18H22N2O9/c1-9-13(8-27-14(23)6-12(22)18(25)26)29-17(15(9)28-10(2)21)20-5-3-4-11(7-20)16(19)24/h3-5,7,9,12-13,15,17,22H,6,8H2,1-2H3,(H2-,19,24,25,26)/p+1/t9-,12+,13-,15?,17-/m1/s1. The highest BCUT2D eigenvalue weighted by molar-refractivity contribution is 5.92. The van der Waals surface area contributed by atoms with Crippen LogP contribution in [0.4, 0.5) is 0 Å². The number of carboxylic acid groups (broad SMARTS) is 1. The molecule has 1 fully saturated rings. The largest absolute Gasteiger partial charge is 0.479 e. The number of esters is 2. The number of pyridine rings is 1. The van der Waals surface area contributed by atoms with E-state index in [4.69, 9.17) is 25.1 Å². The lowest BCUT2D eigenvalue weighted by Crippen LogP contribution is -2.46. The van der Waals surface area contributed by atoms with E-state index in [1.165, 1.54) is 23.8 Å². The van der Waals surface area contributed by atoms with Gasteiger partial charge in [-0.3, -0.25) is 14.4 Å². The Morgan fingerprint density at radius 1 is 1.34 bits per heavy atom. The van der Waals surface area contributed by atoms with Crippen molar-refractivity contribution in [2.75, 3.05) is 6.61 Å². The summed E-state index contributed by atoms with van der Waals surface area (Å²) in [5.41, 5.74) is 5.52. The molecule has 0 saturated carbocycles. The number of carboxylic acids is 1. The molecule has 2 rings (SSSR count). The predicted molar refractivity (Wildman–Crippen MR) is 93.0 cm³/mol. The highest BCUT2D eigenvalue weighted by atomic mass is 16.6. The number of carbonyl (C=O) groups excluding carboxylic acids is 3. The second-order valence-electron chi connectivity index (χ2n) is 6.64. The number of hydrogen-bond acceptors (Lipinski definition) is 8. The van der Waals surface area contributed by atoms with Gasteiger partial charge in [0.05, 0.1) is 6.42 Å². The van der Waals surface area contributed by atoms with Crippen molar-refractivity contribution in [2.24, 2.45) is 11.7 Å². The Bertz CT molecular complexity index is 797. The van der Waals surface area contributed by atoms with E-state index in [-0.39, 0.29) is 12.2 Å². The molecule has 1 aliphatic rings. The summed E-state index contributed by atoms with van der Waals surface area (Å²) in [6.07, 6.45) is -1.73. The molecule has 0 aliphatic carbocycles. The fraction of sp³-hybridized carbons (Fsp3) is 0.500. The van der Waals surface area contributed by atoms with Gasteiger partial charge < -0.3 is 30.2 Å². The molecule has 1 amide bonds. The second-order valence-corrected chi connectivity index (χ2v) is 6.64. The van der Waals surface area contributed by atoms with Gasteiger partial charge in [0.1, 0.15) is 18.3 Å². The van der Waals surface area contributed by atoms with Gasteiger partial charge in [0.25, 0.3) is 5.91 Å². The molecule has 1 unspecified atom stereocenters. The Morgan fingerprint density at radius 3 is 2.62 bits per heavy atom. The van der Waals surface area contributed by atoms with Gasteiger partial charge in [-0.1, -0.05) is 6.92 Å². The number of amides is 1. The van der Waals surface area contributed by atoms with Gasteiger partial charge in [-0.15, -0.1) is 0 Å². The summed E-state index contributed by atoms with van der Waals surface area (Å²) in [6, 6.07) is 3.10. The molecule has 1 aliphatic heterocycles. The van der Waals surface area contributed by atoms with Crippen LogP contribution < -0.4 is 10.3 Å². The van der Waals surface area contributed by atoms with Crippen LogP contribution in [-0.2, 0) is 28.6 Å². The molecular formula is C18H23N2O9+. The van der Waals surface area contributed by atoms with E-state index in [1.54, 1.807) is 19.2 Å². The van der Waals surface area contributed by atoms with Crippen LogP contribution in [0.3, 0.4) is 0 Å². The zero-order valence-electron chi connectivity index (χ0n) is 15.9. The third-order valence-corrected chi connectivity index (χ3v) is 4.46. The highest BCUT2D eigenvalue weighted by Gasteiger charge is 2.50. The molecule has 4 N–H and O–H groups in total. The molecule has 5 atom stereocenters. The first-order valence-corrected chi connectivity index (χ1v) is 8.80. The number of carbonyl (C=O) groups is 4. The molecule has 29 heavy (non-hydrogen) atoms. The van der Waals surface area contributed by atoms with E-state index in [0.717, 1.165) is 0 Å². The molecule has 11 heteroatoms. The van der Waals surface area contributed by atoms with Crippen LogP contribution in [-0.4, -0.2) is 58.9 Å². The molecule has 0 aromatic carbocycles. The number of nitrogens with zero attached hydrogens (tertiary/aromatic N) is 1. The number of nitrogens with two attached hydrogens (primary N) is 1. The zero-order chi connectivity index (χ0) is 21.7. The second kappa shape index (κ2) is 9.43. The number of aliphatic hydroxyl groups is 1. The van der Waals surface area contributed by atoms with Crippen LogP contribution in [0, 0.1) is 5.92 Å². The van der Waals surface area contributed by atoms with E-state index in [2.05, 4.69) is 0 Å². The molecule has 1 aromatic rings. The lowest BCUT2D eigenvalue weighted by molar-refractivity contribution is -0.765. The van der Waals surface area contributed by atoms with E-state index >= 15 is 0 Å². The molecule has 158 valence electrons. The average Bonchev–Trinajstić information content (AvgIpc) is 2.95. The summed E-state index contributed by atoms with van der Waals surface area (Å²) < 4.78 is 17.8. The van der Waals surface area contributed by atoms with Gasteiger partial charge in [0.15, 0.2) is 24.6 Å². The van der Waals surface area contributed by atoms with Crippen LogP contribution in [0.15, 0.2) is 24.5 Å². The lowest BCUT2D eigenvalue weighted by atomic mass is 10.0. The van der Waals surface area contributed by atoms with Crippen molar-refractivity contribution >= 4 is 23.8 Å². The van der Waals surface area contributed by atoms with E-state index < -0.39 is 60.7 Å². The first-order chi connectivity index (χ1) is 13.6. The van der Waals surface area contributed by atoms with E-state index in [9.17, 15) is 24.3 Å². The smallest absolute Gasteiger partial charge is 0.333 e. The minimum atomic E-state index is -1.86. The number of aliphatic carboxylic acids is 1. The van der Waals surface area contributed by atoms with Crippen molar-refractivity contribution in [3.8, 4) is 0 Å². The van der Waals surface area contributed by atoms with Crippen molar-refractivity contribution in [1.29, 1.82) is 0 Å². The van der Waals surface area contributed by atoms with Gasteiger partial charge in [0, 0.05) is 18.9 Å². The Balaban J connectivity index is 2.13. The van der Waals surface area contributed by atoms with Crippen molar-refractivity contribution in [3.05, 3.63) is 30.1 Å². The number of aliphatic hydroxyl groups excluding tert-OH is 1. The first kappa shape index (κ1) is 22.2. The SMILES string of the molecule is CC(=O)OC1[C@H]([n+]2cccc(C(N)=O)c2)O[C@H](COC(=O)C[C@H](O)C(=O)O)[C@H]1C. The predicted octanol–water partition coefficient (Wildman–Crippen LogP) is -1.08. The van der Waals surface area contributed by atoms with Crippen molar-refractivity contribution in [3.63, 3.8) is 0 Å². The molecule has 11 nitrogen and oxygen atoms in total. The Morgan fingerprint density at radius 2 is 2.03 bits per heavy atom. The van der Waals surface area contributed by atoms with Crippen LogP contribution in [0.2, 0.25) is 0 Å². The number of primary amides is 1. The van der Waals surface area contributed by atoms with Gasteiger partial charge in [-0.05, 0) is 6.07 Å². The topological polar surface area (TPSA) is 166 Å². The monoisotopic (exact) mass is 411 g/mol. The molecule has 0 spiro atoms. The summed E-state index contributed by atoms with van der Waals surface area (Å²) in [7, 11) is 0. The van der Waals surface area contributed by atoms with Crippen molar-refractivity contribution < 1.29 is 48.2 Å². The summed E-state index contributed by atoms with van der Waals surface area (Å²) in [5, 5.41) is 17.8. The van der Waals surface area contributed by atoms with Gasteiger partial charge >= 0.3 is 24.1 Å². The van der Waals surface area contributed by atoms with Crippen molar-refractivity contribution in [1.82, 2.24) is 0 Å². The van der Waals surface area contributed by atoms with Crippen LogP contribution in [0.25, 0.3) is 0 Å². The Labute approximate surface area is 166 Å². The minimum absolute atomic E-state index is 0.225. The van der Waals surface area contributed by atoms with Crippen LogP contribution in [0.5, 0.6) is 0 Å². The lowest BCUT2D eigenvalue weighted by Gasteiger charge is -2.18. The molecule has 0 bridgehead atoms. The maximum absolute atomic E-state index is 11.7. The maximum Gasteiger partial charge on any atom is 0.333 e. The molecular weight excluding hydrogens is 388 g/mol. The molecule has 1 saturated heterocycles. The fourth-order valence-electron chi connectivity index (χ4n) is 2.92. The Hall–Kier alpha value is -3.05. The number of hydrogen-bond donors (Lipinski definition) is 3. The maximum atomic E-state index is 11.7. The van der Waals surface area contributed by atoms with Crippen molar-refractivity contribution in [2.45, 2.75) is 44.8 Å². The Kier molecular flexibility index (Phi) is 7.23. The summed E-state index contributed by atoms with van der Waals surface area (Å²) >= 11 is 0. The normalized spacial score (nSPS) is 24.5. The third kappa shape index (κ3) is 5.72. The van der Waals surface area contributed by atoms with E-state index in [1.807, 2.05) is 0 Å². The van der Waals surface area contributed by atoms with Gasteiger partial charge in [-0.25, -0.2) is 4.79 Å². The average molecular weight is 411 g/mol. The van der Waals surface area contributed by atoms with Crippen LogP contribution in [0.1, 0.15) is 36.9 Å².